The van der Waals surface area contributed by atoms with Crippen molar-refractivity contribution in [1.29, 1.82) is 0 Å². The zero-order chi connectivity index (χ0) is 17.6. The zero-order valence-corrected chi connectivity index (χ0v) is 15.0. The number of hydrogen-bond donors (Lipinski definition) is 0. The monoisotopic (exact) mass is 342 g/mol. The number of rotatable bonds is 6. The van der Waals surface area contributed by atoms with E-state index in [2.05, 4.69) is 40.1 Å². The van der Waals surface area contributed by atoms with Gasteiger partial charge in [-0.05, 0) is 25.0 Å². The molecule has 0 atom stereocenters. The highest BCUT2D eigenvalue weighted by Gasteiger charge is 2.20. The molecule has 5 heteroatoms. The zero-order valence-electron chi connectivity index (χ0n) is 15.0. The van der Waals surface area contributed by atoms with E-state index < -0.39 is 0 Å². The molecule has 0 unspecified atom stereocenters. The summed E-state index contributed by atoms with van der Waals surface area (Å²) in [7, 11) is 1.39. The molecule has 0 aliphatic carbocycles. The van der Waals surface area contributed by atoms with Crippen molar-refractivity contribution in [2.24, 2.45) is 0 Å². The molecule has 2 aromatic rings. The van der Waals surface area contributed by atoms with Crippen molar-refractivity contribution >= 4 is 5.97 Å². The first-order chi connectivity index (χ1) is 12.2. The lowest BCUT2D eigenvalue weighted by Gasteiger charge is -2.34. The number of benzene rings is 1. The molecule has 134 valence electrons. The maximum absolute atomic E-state index is 11.7. The van der Waals surface area contributed by atoms with Crippen molar-refractivity contribution < 1.29 is 13.9 Å². The van der Waals surface area contributed by atoms with E-state index in [9.17, 15) is 4.79 Å². The molecule has 3 rings (SSSR count). The van der Waals surface area contributed by atoms with Crippen molar-refractivity contribution in [1.82, 2.24) is 9.80 Å². The number of methoxy groups -OCH3 is 1. The molecule has 25 heavy (non-hydrogen) atoms. The Labute approximate surface area is 149 Å². The number of nitrogens with zero attached hydrogens (tertiary/aromatic N) is 2. The van der Waals surface area contributed by atoms with Gasteiger partial charge < -0.3 is 14.1 Å². The first-order valence-electron chi connectivity index (χ1n) is 8.82. The Balaban J connectivity index is 1.45. The van der Waals surface area contributed by atoms with Crippen LogP contribution < -0.4 is 0 Å². The van der Waals surface area contributed by atoms with Gasteiger partial charge in [0.15, 0.2) is 0 Å². The molecule has 2 heterocycles. The molecular formula is C20H26N2O3. The summed E-state index contributed by atoms with van der Waals surface area (Å²) in [5.41, 5.74) is 1.92. The van der Waals surface area contributed by atoms with E-state index in [0.29, 0.717) is 11.3 Å². The first kappa shape index (κ1) is 17.7. The maximum Gasteiger partial charge on any atom is 0.341 e. The summed E-state index contributed by atoms with van der Waals surface area (Å²) < 4.78 is 10.5. The Kier molecular flexibility index (Phi) is 5.89. The minimum Gasteiger partial charge on any atom is -0.465 e. The largest absolute Gasteiger partial charge is 0.465 e. The van der Waals surface area contributed by atoms with Crippen LogP contribution in [0.1, 0.15) is 27.4 Å². The summed E-state index contributed by atoms with van der Waals surface area (Å²) in [5, 5.41) is 0. The summed E-state index contributed by atoms with van der Waals surface area (Å²) >= 11 is 0. The highest BCUT2D eigenvalue weighted by atomic mass is 16.5. The van der Waals surface area contributed by atoms with Crippen molar-refractivity contribution in [3.8, 4) is 0 Å². The van der Waals surface area contributed by atoms with Gasteiger partial charge in [0.1, 0.15) is 17.1 Å². The van der Waals surface area contributed by atoms with Crippen LogP contribution in [-0.4, -0.2) is 55.6 Å². The fourth-order valence-electron chi connectivity index (χ4n) is 3.26. The van der Waals surface area contributed by atoms with Gasteiger partial charge in [0, 0.05) is 32.7 Å². The molecule has 1 saturated heterocycles. The lowest BCUT2D eigenvalue weighted by Crippen LogP contribution is -2.46. The average molecular weight is 342 g/mol. The molecule has 0 spiro atoms. The molecule has 1 aromatic carbocycles. The van der Waals surface area contributed by atoms with Gasteiger partial charge in [0.05, 0.1) is 13.7 Å². The molecule has 0 saturated carbocycles. The van der Waals surface area contributed by atoms with E-state index in [-0.39, 0.29) is 5.97 Å². The SMILES string of the molecule is COC(=O)c1cc(CN2CCN(CCc3ccccc3)CC2)oc1C. The van der Waals surface area contributed by atoms with Gasteiger partial charge in [-0.1, -0.05) is 30.3 Å². The molecule has 0 amide bonds. The number of ether oxygens (including phenoxy) is 1. The van der Waals surface area contributed by atoms with E-state index in [4.69, 9.17) is 9.15 Å². The van der Waals surface area contributed by atoms with Crippen molar-refractivity contribution in [3.05, 3.63) is 59.0 Å². The molecule has 0 radical (unpaired) electrons. The lowest BCUT2D eigenvalue weighted by atomic mass is 10.1. The second-order valence-corrected chi connectivity index (χ2v) is 6.53. The molecule has 1 fully saturated rings. The number of hydrogen-bond acceptors (Lipinski definition) is 5. The van der Waals surface area contributed by atoms with Crippen LogP contribution in [0.2, 0.25) is 0 Å². The number of piperazine rings is 1. The van der Waals surface area contributed by atoms with E-state index in [1.54, 1.807) is 6.92 Å². The molecule has 5 nitrogen and oxygen atoms in total. The van der Waals surface area contributed by atoms with Gasteiger partial charge in [-0.25, -0.2) is 4.79 Å². The summed E-state index contributed by atoms with van der Waals surface area (Å²) in [6.45, 7) is 7.81. The average Bonchev–Trinajstić information content (AvgIpc) is 3.01. The predicted octanol–water partition coefficient (Wildman–Crippen LogP) is 2.73. The van der Waals surface area contributed by atoms with Crippen LogP contribution in [0.3, 0.4) is 0 Å². The minimum atomic E-state index is -0.335. The Morgan fingerprint density at radius 1 is 1.12 bits per heavy atom. The van der Waals surface area contributed by atoms with E-state index in [1.807, 2.05) is 6.07 Å². The molecule has 0 bridgehead atoms. The summed E-state index contributed by atoms with van der Waals surface area (Å²) in [4.78, 5) is 16.6. The topological polar surface area (TPSA) is 45.9 Å². The highest BCUT2D eigenvalue weighted by molar-refractivity contribution is 5.90. The quantitative estimate of drug-likeness (QED) is 0.756. The summed E-state index contributed by atoms with van der Waals surface area (Å²) in [6, 6.07) is 12.4. The molecule has 1 aromatic heterocycles. The standard InChI is InChI=1S/C20H26N2O3/c1-16-19(20(23)24-2)14-18(25-16)15-22-12-10-21(11-13-22)9-8-17-6-4-3-5-7-17/h3-7,14H,8-13,15H2,1-2H3. The summed E-state index contributed by atoms with van der Waals surface area (Å²) in [6.07, 6.45) is 1.10. The highest BCUT2D eigenvalue weighted by Crippen LogP contribution is 2.18. The van der Waals surface area contributed by atoms with Crippen LogP contribution in [0.5, 0.6) is 0 Å². The van der Waals surface area contributed by atoms with Crippen molar-refractivity contribution in [2.45, 2.75) is 19.9 Å². The van der Waals surface area contributed by atoms with Crippen LogP contribution >= 0.6 is 0 Å². The third-order valence-electron chi connectivity index (χ3n) is 4.78. The summed E-state index contributed by atoms with van der Waals surface area (Å²) in [5.74, 6) is 1.12. The predicted molar refractivity (Wildman–Crippen MR) is 96.6 cm³/mol. The van der Waals surface area contributed by atoms with Gasteiger partial charge in [-0.3, -0.25) is 4.90 Å². The van der Waals surface area contributed by atoms with Crippen LogP contribution in [0.15, 0.2) is 40.8 Å². The Bertz CT molecular complexity index is 688. The third kappa shape index (κ3) is 4.71. The first-order valence-corrected chi connectivity index (χ1v) is 8.82. The van der Waals surface area contributed by atoms with Crippen LogP contribution in [-0.2, 0) is 17.7 Å². The Hall–Kier alpha value is -2.11. The number of esters is 1. The molecule has 1 aliphatic heterocycles. The second-order valence-electron chi connectivity index (χ2n) is 6.53. The third-order valence-corrected chi connectivity index (χ3v) is 4.78. The van der Waals surface area contributed by atoms with Gasteiger partial charge in [-0.2, -0.15) is 0 Å². The van der Waals surface area contributed by atoms with E-state index >= 15 is 0 Å². The molecular weight excluding hydrogens is 316 g/mol. The number of carbonyl (C=O) groups excluding carboxylic acids is 1. The fraction of sp³-hybridized carbons (Fsp3) is 0.450. The van der Waals surface area contributed by atoms with Crippen LogP contribution in [0.4, 0.5) is 0 Å². The second kappa shape index (κ2) is 8.32. The molecule has 0 N–H and O–H groups in total. The lowest BCUT2D eigenvalue weighted by molar-refractivity contribution is 0.0599. The maximum atomic E-state index is 11.7. The Morgan fingerprint density at radius 3 is 2.48 bits per heavy atom. The van der Waals surface area contributed by atoms with E-state index in [1.165, 1.54) is 12.7 Å². The fourth-order valence-corrected chi connectivity index (χ4v) is 3.26. The number of carbonyl (C=O) groups is 1. The van der Waals surface area contributed by atoms with Gasteiger partial charge >= 0.3 is 5.97 Å². The minimum absolute atomic E-state index is 0.335. The number of furan rings is 1. The van der Waals surface area contributed by atoms with Crippen LogP contribution in [0, 0.1) is 6.92 Å². The van der Waals surface area contributed by atoms with Gasteiger partial charge in [-0.15, -0.1) is 0 Å². The van der Waals surface area contributed by atoms with Crippen molar-refractivity contribution in [2.75, 3.05) is 39.8 Å². The van der Waals surface area contributed by atoms with E-state index in [0.717, 1.165) is 51.4 Å². The Morgan fingerprint density at radius 2 is 1.80 bits per heavy atom. The van der Waals surface area contributed by atoms with Gasteiger partial charge in [0.2, 0.25) is 0 Å². The van der Waals surface area contributed by atoms with Crippen molar-refractivity contribution in [3.63, 3.8) is 0 Å². The smallest absolute Gasteiger partial charge is 0.341 e. The van der Waals surface area contributed by atoms with Crippen LogP contribution in [0.25, 0.3) is 0 Å². The number of aryl methyl sites for hydroxylation is 1. The molecule has 1 aliphatic rings. The van der Waals surface area contributed by atoms with Gasteiger partial charge in [0.25, 0.3) is 0 Å². The normalized spacial score (nSPS) is 16.1.